The van der Waals surface area contributed by atoms with E-state index in [2.05, 4.69) is 92.3 Å². The van der Waals surface area contributed by atoms with Gasteiger partial charge in [0, 0.05) is 36.3 Å². The molecule has 2 aliphatic heterocycles. The first-order chi connectivity index (χ1) is 17.9. The standard InChI is InChI=1S/C34H39N3/c1-6-26-8-11-28(27-9-10-27)20-32(26)30-12-13-34(36-14-7-15-36)35-33(30)21-37-24(4)19-31(25(37)5)29-17-22(2)16-23(3)18-29/h6,8,11-13,16-18,20,25,27,31H,1,4,7,9-10,14-15,19,21H2,2-3,5H3. The van der Waals surface area contributed by atoms with Gasteiger partial charge in [-0.15, -0.1) is 0 Å². The van der Waals surface area contributed by atoms with Crippen molar-refractivity contribution >= 4 is 11.9 Å². The number of pyridine rings is 1. The SMILES string of the molecule is C=Cc1ccc(C2CC2)cc1-c1ccc(N2CCC2)nc1CN1C(=C)CC(c2cc(C)cc(C)c2)C1C. The highest BCUT2D eigenvalue weighted by molar-refractivity contribution is 5.78. The Kier molecular flexibility index (Phi) is 6.18. The first-order valence-electron chi connectivity index (χ1n) is 14.0. The van der Waals surface area contributed by atoms with E-state index in [-0.39, 0.29) is 0 Å². The molecular formula is C34H39N3. The normalized spacial score (nSPS) is 21.3. The number of anilines is 1. The van der Waals surface area contributed by atoms with Crippen molar-refractivity contribution in [3.05, 3.63) is 101 Å². The van der Waals surface area contributed by atoms with Gasteiger partial charge >= 0.3 is 0 Å². The average Bonchev–Trinajstić information content (AvgIpc) is 3.65. The number of hydrogen-bond acceptors (Lipinski definition) is 3. The van der Waals surface area contributed by atoms with E-state index in [0.29, 0.717) is 17.9 Å². The van der Waals surface area contributed by atoms with Gasteiger partial charge in [-0.3, -0.25) is 0 Å². The quantitative estimate of drug-likeness (QED) is 0.335. The maximum absolute atomic E-state index is 5.30. The number of benzene rings is 2. The minimum absolute atomic E-state index is 0.368. The highest BCUT2D eigenvalue weighted by atomic mass is 15.2. The molecule has 3 aliphatic rings. The molecule has 3 nitrogen and oxygen atoms in total. The molecule has 190 valence electrons. The molecule has 0 amide bonds. The summed E-state index contributed by atoms with van der Waals surface area (Å²) < 4.78 is 0. The van der Waals surface area contributed by atoms with Gasteiger partial charge in [0.1, 0.15) is 5.82 Å². The Labute approximate surface area is 222 Å². The fraction of sp³-hybridized carbons (Fsp3) is 0.382. The van der Waals surface area contributed by atoms with Crippen LogP contribution in [0.1, 0.15) is 78.0 Å². The van der Waals surface area contributed by atoms with Gasteiger partial charge in [0.25, 0.3) is 0 Å². The molecule has 1 aliphatic carbocycles. The molecule has 3 heterocycles. The van der Waals surface area contributed by atoms with Crippen molar-refractivity contribution < 1.29 is 0 Å². The summed E-state index contributed by atoms with van der Waals surface area (Å²) in [7, 11) is 0. The van der Waals surface area contributed by atoms with E-state index in [1.807, 2.05) is 6.08 Å². The van der Waals surface area contributed by atoms with Crippen LogP contribution in [0.25, 0.3) is 17.2 Å². The van der Waals surface area contributed by atoms with E-state index < -0.39 is 0 Å². The fourth-order valence-electron chi connectivity index (χ4n) is 6.32. The first-order valence-corrected chi connectivity index (χ1v) is 14.0. The second-order valence-corrected chi connectivity index (χ2v) is 11.5. The molecule has 6 rings (SSSR count). The summed E-state index contributed by atoms with van der Waals surface area (Å²) in [4.78, 5) is 10.2. The molecule has 0 radical (unpaired) electrons. The number of hydrogen-bond donors (Lipinski definition) is 0. The van der Waals surface area contributed by atoms with Crippen LogP contribution in [0.15, 0.2) is 67.4 Å². The molecule has 0 spiro atoms. The van der Waals surface area contributed by atoms with Crippen LogP contribution in [-0.4, -0.2) is 29.0 Å². The molecule has 2 atom stereocenters. The third-order valence-corrected chi connectivity index (χ3v) is 8.70. The van der Waals surface area contributed by atoms with Gasteiger partial charge < -0.3 is 9.80 Å². The Bertz CT molecular complexity index is 1340. The van der Waals surface area contributed by atoms with Crippen LogP contribution in [0.4, 0.5) is 5.82 Å². The first kappa shape index (κ1) is 24.0. The average molecular weight is 490 g/mol. The lowest BCUT2D eigenvalue weighted by Gasteiger charge is -2.33. The predicted octanol–water partition coefficient (Wildman–Crippen LogP) is 7.99. The highest BCUT2D eigenvalue weighted by Crippen LogP contribution is 2.44. The minimum atomic E-state index is 0.368. The summed E-state index contributed by atoms with van der Waals surface area (Å²) in [6.07, 6.45) is 6.85. The number of aromatic nitrogens is 1. The summed E-state index contributed by atoms with van der Waals surface area (Å²) in [5.74, 6) is 2.27. The molecule has 0 N–H and O–H groups in total. The van der Waals surface area contributed by atoms with Gasteiger partial charge in [0.2, 0.25) is 0 Å². The van der Waals surface area contributed by atoms with Crippen LogP contribution in [0.3, 0.4) is 0 Å². The molecule has 2 aromatic carbocycles. The Balaban J connectivity index is 1.38. The molecule has 3 aromatic rings. The number of likely N-dealkylation sites (tertiary alicyclic amines) is 1. The Morgan fingerprint density at radius 3 is 2.35 bits per heavy atom. The van der Waals surface area contributed by atoms with Crippen LogP contribution in [0.5, 0.6) is 0 Å². The van der Waals surface area contributed by atoms with Gasteiger partial charge in [-0.05, 0) is 86.8 Å². The maximum atomic E-state index is 5.30. The maximum Gasteiger partial charge on any atom is 0.128 e. The van der Waals surface area contributed by atoms with Gasteiger partial charge in [0.15, 0.2) is 0 Å². The lowest BCUT2D eigenvalue weighted by atomic mass is 9.90. The largest absolute Gasteiger partial charge is 0.366 e. The summed E-state index contributed by atoms with van der Waals surface area (Å²) in [6, 6.07) is 18.8. The minimum Gasteiger partial charge on any atom is -0.366 e. The topological polar surface area (TPSA) is 19.4 Å². The van der Waals surface area contributed by atoms with Gasteiger partial charge in [-0.2, -0.15) is 0 Å². The summed E-state index contributed by atoms with van der Waals surface area (Å²) >= 11 is 0. The third-order valence-electron chi connectivity index (χ3n) is 8.70. The third kappa shape index (κ3) is 4.61. The zero-order chi connectivity index (χ0) is 25.7. The Morgan fingerprint density at radius 1 is 0.946 bits per heavy atom. The van der Waals surface area contributed by atoms with Crippen molar-refractivity contribution in [1.29, 1.82) is 0 Å². The van der Waals surface area contributed by atoms with Crippen molar-refractivity contribution in [2.45, 2.75) is 70.9 Å². The summed E-state index contributed by atoms with van der Waals surface area (Å²) in [6.45, 7) is 18.4. The van der Waals surface area contributed by atoms with Gasteiger partial charge in [-0.1, -0.05) is 66.8 Å². The van der Waals surface area contributed by atoms with Crippen molar-refractivity contribution in [3.63, 3.8) is 0 Å². The van der Waals surface area contributed by atoms with Crippen LogP contribution in [0, 0.1) is 13.8 Å². The van der Waals surface area contributed by atoms with E-state index in [9.17, 15) is 0 Å². The van der Waals surface area contributed by atoms with Gasteiger partial charge in [-0.25, -0.2) is 4.98 Å². The second-order valence-electron chi connectivity index (χ2n) is 11.5. The molecule has 3 heteroatoms. The zero-order valence-electron chi connectivity index (χ0n) is 22.6. The molecule has 0 bridgehead atoms. The summed E-state index contributed by atoms with van der Waals surface area (Å²) in [5.41, 5.74) is 11.6. The second kappa shape index (κ2) is 9.52. The number of rotatable bonds is 7. The van der Waals surface area contributed by atoms with Crippen LogP contribution in [0.2, 0.25) is 0 Å². The highest BCUT2D eigenvalue weighted by Gasteiger charge is 2.35. The molecule has 37 heavy (non-hydrogen) atoms. The smallest absolute Gasteiger partial charge is 0.128 e. The van der Waals surface area contributed by atoms with Crippen molar-refractivity contribution in [1.82, 2.24) is 9.88 Å². The molecule has 2 unspecified atom stereocenters. The molecule has 3 fully saturated rings. The molecule has 2 saturated heterocycles. The van der Waals surface area contributed by atoms with Crippen molar-refractivity contribution in [2.24, 2.45) is 0 Å². The lowest BCUT2D eigenvalue weighted by molar-refractivity contribution is 0.287. The molecular weight excluding hydrogens is 450 g/mol. The van der Waals surface area contributed by atoms with E-state index in [4.69, 9.17) is 4.98 Å². The monoisotopic (exact) mass is 489 g/mol. The lowest BCUT2D eigenvalue weighted by Crippen LogP contribution is -2.38. The summed E-state index contributed by atoms with van der Waals surface area (Å²) in [5, 5.41) is 0. The van der Waals surface area contributed by atoms with E-state index in [1.165, 1.54) is 63.9 Å². The number of allylic oxidation sites excluding steroid dienone is 1. The Morgan fingerprint density at radius 2 is 1.70 bits per heavy atom. The predicted molar refractivity (Wildman–Crippen MR) is 156 cm³/mol. The van der Waals surface area contributed by atoms with Crippen molar-refractivity contribution in [3.8, 4) is 11.1 Å². The van der Waals surface area contributed by atoms with E-state index in [0.717, 1.165) is 37.6 Å². The Hall–Kier alpha value is -3.33. The number of aryl methyl sites for hydroxylation is 2. The molecule has 1 saturated carbocycles. The van der Waals surface area contributed by atoms with Crippen LogP contribution >= 0.6 is 0 Å². The van der Waals surface area contributed by atoms with Crippen LogP contribution in [-0.2, 0) is 6.54 Å². The fourth-order valence-corrected chi connectivity index (χ4v) is 6.32. The van der Waals surface area contributed by atoms with Crippen molar-refractivity contribution in [2.75, 3.05) is 18.0 Å². The molecule has 1 aromatic heterocycles. The van der Waals surface area contributed by atoms with E-state index >= 15 is 0 Å². The number of nitrogens with zero attached hydrogens (tertiary/aromatic N) is 3. The zero-order valence-corrected chi connectivity index (χ0v) is 22.6. The van der Waals surface area contributed by atoms with Crippen LogP contribution < -0.4 is 4.90 Å². The van der Waals surface area contributed by atoms with E-state index in [1.54, 1.807) is 0 Å². The van der Waals surface area contributed by atoms with Gasteiger partial charge in [0.05, 0.1) is 12.2 Å².